The summed E-state index contributed by atoms with van der Waals surface area (Å²) in [6.07, 6.45) is 9.73. The predicted molar refractivity (Wildman–Crippen MR) is 94.3 cm³/mol. The number of rotatable bonds is 0. The van der Waals surface area contributed by atoms with Crippen LogP contribution in [0.2, 0.25) is 0 Å². The van der Waals surface area contributed by atoms with Crippen LogP contribution in [0.5, 0.6) is 0 Å². The summed E-state index contributed by atoms with van der Waals surface area (Å²) in [6.45, 7) is 4.27. The average Bonchev–Trinajstić information content (AvgIpc) is 2.83. The van der Waals surface area contributed by atoms with Gasteiger partial charge in [-0.2, -0.15) is 0 Å². The van der Waals surface area contributed by atoms with E-state index < -0.39 is 23.9 Å². The summed E-state index contributed by atoms with van der Waals surface area (Å²) in [4.78, 5) is 0. The lowest BCUT2D eigenvalue weighted by atomic mass is 9.46. The van der Waals surface area contributed by atoms with E-state index in [0.717, 1.165) is 24.8 Å². The van der Waals surface area contributed by atoms with Crippen molar-refractivity contribution in [2.75, 3.05) is 0 Å². The van der Waals surface area contributed by atoms with Gasteiger partial charge in [-0.1, -0.05) is 31.4 Å². The summed E-state index contributed by atoms with van der Waals surface area (Å²) in [6, 6.07) is 0. The van der Waals surface area contributed by atoms with Gasteiger partial charge in [-0.15, -0.1) is 6.42 Å². The first-order valence-corrected chi connectivity index (χ1v) is 9.62. The average molecular weight is 346 g/mol. The van der Waals surface area contributed by atoms with Gasteiger partial charge in [-0.3, -0.25) is 0 Å². The molecule has 3 saturated carbocycles. The second kappa shape index (κ2) is 5.33. The number of hydrogen-bond donors (Lipinski definition) is 4. The van der Waals surface area contributed by atoms with Gasteiger partial charge in [0.2, 0.25) is 0 Å². The highest BCUT2D eigenvalue weighted by atomic mass is 16.3. The van der Waals surface area contributed by atoms with Gasteiger partial charge in [-0.25, -0.2) is 0 Å². The van der Waals surface area contributed by atoms with E-state index in [1.165, 1.54) is 0 Å². The molecule has 3 fully saturated rings. The molecule has 0 aromatic carbocycles. The monoisotopic (exact) mass is 346 g/mol. The van der Waals surface area contributed by atoms with Gasteiger partial charge in [0, 0.05) is 5.41 Å². The van der Waals surface area contributed by atoms with Crippen LogP contribution in [0, 0.1) is 40.9 Å². The lowest BCUT2D eigenvalue weighted by Crippen LogP contribution is -2.58. The maximum absolute atomic E-state index is 11.0. The Morgan fingerprint density at radius 3 is 2.44 bits per heavy atom. The van der Waals surface area contributed by atoms with Crippen LogP contribution in [-0.4, -0.2) is 44.3 Å². The number of aliphatic hydroxyl groups excluding tert-OH is 3. The van der Waals surface area contributed by atoms with Crippen LogP contribution in [0.3, 0.4) is 0 Å². The number of fused-ring (bicyclic) bond motifs is 5. The van der Waals surface area contributed by atoms with Crippen molar-refractivity contribution in [2.45, 2.75) is 76.3 Å². The first kappa shape index (κ1) is 17.5. The zero-order valence-corrected chi connectivity index (χ0v) is 15.2. The van der Waals surface area contributed by atoms with Crippen molar-refractivity contribution >= 4 is 0 Å². The van der Waals surface area contributed by atoms with Gasteiger partial charge >= 0.3 is 0 Å². The SMILES string of the molecule is C#C[C@]1(O)CC[C@H]2[C@@H]3[C@@H](O)C=C4C[C@@H](O)[C@H](O)C[C@]4(C)[C@H]3CC[C@@]21C. The Morgan fingerprint density at radius 2 is 1.76 bits per heavy atom. The van der Waals surface area contributed by atoms with E-state index >= 15 is 0 Å². The molecule has 0 bridgehead atoms. The quantitative estimate of drug-likeness (QED) is 0.397. The van der Waals surface area contributed by atoms with Crippen molar-refractivity contribution < 1.29 is 20.4 Å². The number of terminal acetylenes is 1. The molecule has 4 aliphatic rings. The van der Waals surface area contributed by atoms with Crippen LogP contribution < -0.4 is 0 Å². The Hall–Kier alpha value is -0.860. The highest BCUT2D eigenvalue weighted by molar-refractivity contribution is 5.31. The van der Waals surface area contributed by atoms with Crippen molar-refractivity contribution in [1.29, 1.82) is 0 Å². The van der Waals surface area contributed by atoms with Crippen molar-refractivity contribution in [3.8, 4) is 12.3 Å². The summed E-state index contributed by atoms with van der Waals surface area (Å²) in [5.74, 6) is 3.14. The second-order valence-electron chi connectivity index (χ2n) is 9.43. The Balaban J connectivity index is 1.75. The summed E-state index contributed by atoms with van der Waals surface area (Å²) >= 11 is 0. The Kier molecular flexibility index (Phi) is 3.74. The minimum Gasteiger partial charge on any atom is -0.390 e. The Labute approximate surface area is 150 Å². The molecule has 0 saturated heterocycles. The third-order valence-corrected chi connectivity index (χ3v) is 8.55. The molecule has 0 spiro atoms. The van der Waals surface area contributed by atoms with Crippen molar-refractivity contribution in [3.63, 3.8) is 0 Å². The van der Waals surface area contributed by atoms with E-state index in [1.54, 1.807) is 0 Å². The normalized spacial score (nSPS) is 57.7. The molecule has 0 unspecified atom stereocenters. The lowest BCUT2D eigenvalue weighted by molar-refractivity contribution is -0.134. The molecule has 4 aliphatic carbocycles. The van der Waals surface area contributed by atoms with E-state index in [4.69, 9.17) is 6.42 Å². The third-order valence-electron chi connectivity index (χ3n) is 8.55. The van der Waals surface area contributed by atoms with Gasteiger partial charge in [0.15, 0.2) is 0 Å². The van der Waals surface area contributed by atoms with Gasteiger partial charge in [-0.05, 0) is 61.7 Å². The molecule has 4 heteroatoms. The fourth-order valence-corrected chi connectivity index (χ4v) is 6.93. The molecule has 4 rings (SSSR count). The molecule has 0 aromatic rings. The third kappa shape index (κ3) is 2.10. The van der Waals surface area contributed by atoms with Crippen LogP contribution in [0.1, 0.15) is 52.4 Å². The van der Waals surface area contributed by atoms with E-state index in [1.807, 2.05) is 6.08 Å². The lowest BCUT2D eigenvalue weighted by Gasteiger charge is -2.59. The maximum atomic E-state index is 11.0. The molecule has 9 atom stereocenters. The zero-order valence-electron chi connectivity index (χ0n) is 15.2. The fourth-order valence-electron chi connectivity index (χ4n) is 6.93. The van der Waals surface area contributed by atoms with E-state index in [9.17, 15) is 20.4 Å². The molecule has 0 aliphatic heterocycles. The minimum absolute atomic E-state index is 0.0531. The van der Waals surface area contributed by atoms with Crippen LogP contribution >= 0.6 is 0 Å². The molecule has 0 heterocycles. The highest BCUT2D eigenvalue weighted by Gasteiger charge is 2.65. The van der Waals surface area contributed by atoms with Gasteiger partial charge in [0.25, 0.3) is 0 Å². The Morgan fingerprint density at radius 1 is 1.08 bits per heavy atom. The van der Waals surface area contributed by atoms with Gasteiger partial charge < -0.3 is 20.4 Å². The van der Waals surface area contributed by atoms with Crippen LogP contribution in [0.25, 0.3) is 0 Å². The highest BCUT2D eigenvalue weighted by Crippen LogP contribution is 2.66. The molecule has 4 nitrogen and oxygen atoms in total. The molecule has 0 radical (unpaired) electrons. The van der Waals surface area contributed by atoms with E-state index in [0.29, 0.717) is 19.3 Å². The molecular weight excluding hydrogens is 316 g/mol. The van der Waals surface area contributed by atoms with Crippen LogP contribution in [0.4, 0.5) is 0 Å². The van der Waals surface area contributed by atoms with Crippen molar-refractivity contribution in [1.82, 2.24) is 0 Å². The van der Waals surface area contributed by atoms with Gasteiger partial charge in [0.05, 0.1) is 18.3 Å². The largest absolute Gasteiger partial charge is 0.390 e. The van der Waals surface area contributed by atoms with E-state index in [2.05, 4.69) is 19.8 Å². The summed E-state index contributed by atoms with van der Waals surface area (Å²) in [5, 5.41) is 42.3. The van der Waals surface area contributed by atoms with E-state index in [-0.39, 0.29) is 28.6 Å². The molecule has 25 heavy (non-hydrogen) atoms. The first-order valence-electron chi connectivity index (χ1n) is 9.62. The smallest absolute Gasteiger partial charge is 0.130 e. The maximum Gasteiger partial charge on any atom is 0.130 e. The summed E-state index contributed by atoms with van der Waals surface area (Å²) in [5.41, 5.74) is -0.554. The molecule has 138 valence electrons. The summed E-state index contributed by atoms with van der Waals surface area (Å²) in [7, 11) is 0. The topological polar surface area (TPSA) is 80.9 Å². The summed E-state index contributed by atoms with van der Waals surface area (Å²) < 4.78 is 0. The van der Waals surface area contributed by atoms with Gasteiger partial charge in [0.1, 0.15) is 5.60 Å². The van der Waals surface area contributed by atoms with Crippen molar-refractivity contribution in [2.24, 2.45) is 28.6 Å². The zero-order chi connectivity index (χ0) is 18.2. The Bertz CT molecular complexity index is 651. The molecule has 4 N–H and O–H groups in total. The standard InChI is InChI=1S/C21H30O4/c1-4-21(25)8-6-14-18-13(5-7-20(14,21)3)19(2)11-17(24)15(22)9-12(19)10-16(18)23/h1,10,13-18,22-25H,5-9,11H2,2-3H3/t13-,14-,15+,16-,17+,18+,19-,20-,21-/m0/s1. The molecule has 0 aromatic heterocycles. The number of hydrogen-bond acceptors (Lipinski definition) is 4. The molecular formula is C21H30O4. The minimum atomic E-state index is -1.09. The second-order valence-corrected chi connectivity index (χ2v) is 9.43. The fraction of sp³-hybridized carbons (Fsp3) is 0.810. The van der Waals surface area contributed by atoms with Crippen LogP contribution in [-0.2, 0) is 0 Å². The van der Waals surface area contributed by atoms with Crippen LogP contribution in [0.15, 0.2) is 11.6 Å². The first-order chi connectivity index (χ1) is 11.7. The van der Waals surface area contributed by atoms with Crippen molar-refractivity contribution in [3.05, 3.63) is 11.6 Å². The number of aliphatic hydroxyl groups is 4. The predicted octanol–water partition coefficient (Wildman–Crippen LogP) is 1.62. The molecule has 0 amide bonds.